The van der Waals surface area contributed by atoms with Crippen LogP contribution in [-0.2, 0) is 12.8 Å². The van der Waals surface area contributed by atoms with Crippen molar-refractivity contribution >= 4 is 0 Å². The Morgan fingerprint density at radius 3 is 3.44 bits per heavy atom. The van der Waals surface area contributed by atoms with Gasteiger partial charge < -0.3 is 4.52 Å². The first-order chi connectivity index (χ1) is 4.47. The molecule has 2 heteroatoms. The predicted molar refractivity (Wildman–Crippen MR) is 32.8 cm³/mol. The van der Waals surface area contributed by atoms with Crippen molar-refractivity contribution in [1.82, 2.24) is 5.16 Å². The highest BCUT2D eigenvalue weighted by Crippen LogP contribution is 2.18. The summed E-state index contributed by atoms with van der Waals surface area (Å²) >= 11 is 0. The maximum absolute atomic E-state index is 4.99. The zero-order chi connectivity index (χ0) is 6.10. The van der Waals surface area contributed by atoms with E-state index in [2.05, 4.69) is 11.6 Å². The Bertz CT molecular complexity index is 184. The third-order valence-electron chi connectivity index (χ3n) is 1.67. The van der Waals surface area contributed by atoms with Gasteiger partial charge in [-0.3, -0.25) is 0 Å². The van der Waals surface area contributed by atoms with Crippen LogP contribution in [0.15, 0.2) is 10.7 Å². The molecule has 1 aliphatic carbocycles. The van der Waals surface area contributed by atoms with Crippen LogP contribution < -0.4 is 0 Å². The molecule has 0 bridgehead atoms. The smallest absolute Gasteiger partial charge is 0.139 e. The normalized spacial score (nSPS) is 17.3. The Morgan fingerprint density at radius 1 is 1.56 bits per heavy atom. The minimum Gasteiger partial charge on any atom is -0.361 e. The summed E-state index contributed by atoms with van der Waals surface area (Å²) in [5.74, 6) is 1.08. The second-order valence-corrected chi connectivity index (χ2v) is 2.31. The van der Waals surface area contributed by atoms with Gasteiger partial charge in [0.2, 0.25) is 0 Å². The van der Waals surface area contributed by atoms with Crippen LogP contribution >= 0.6 is 0 Å². The molecule has 0 aromatic carbocycles. The van der Waals surface area contributed by atoms with E-state index in [1.165, 1.54) is 5.56 Å². The number of hydrogen-bond acceptors (Lipinski definition) is 2. The van der Waals surface area contributed by atoms with E-state index < -0.39 is 0 Å². The van der Waals surface area contributed by atoms with Crippen molar-refractivity contribution in [2.75, 3.05) is 0 Å². The molecule has 1 radical (unpaired) electrons. The molecule has 2 rings (SSSR count). The van der Waals surface area contributed by atoms with E-state index in [-0.39, 0.29) is 0 Å². The SMILES string of the molecule is [CH]1CCc2oncc2C1. The Morgan fingerprint density at radius 2 is 2.56 bits per heavy atom. The molecule has 0 aliphatic heterocycles. The number of hydrogen-bond donors (Lipinski definition) is 0. The van der Waals surface area contributed by atoms with Crippen molar-refractivity contribution in [3.8, 4) is 0 Å². The van der Waals surface area contributed by atoms with Crippen LogP contribution in [0, 0.1) is 6.42 Å². The molecule has 1 aromatic rings. The fourth-order valence-corrected chi connectivity index (χ4v) is 1.15. The standard InChI is InChI=1S/C7H8NO/c1-2-4-7-6(3-1)5-8-9-7/h1,5H,2-4H2. The number of fused-ring (bicyclic) bond motifs is 1. The molecule has 0 atom stereocenters. The van der Waals surface area contributed by atoms with Crippen molar-refractivity contribution in [3.05, 3.63) is 23.9 Å². The van der Waals surface area contributed by atoms with Crippen LogP contribution in [0.3, 0.4) is 0 Å². The molecule has 1 aromatic heterocycles. The molecule has 1 heterocycles. The first kappa shape index (κ1) is 5.03. The molecule has 0 saturated carbocycles. The quantitative estimate of drug-likeness (QED) is 0.519. The van der Waals surface area contributed by atoms with E-state index in [1.807, 2.05) is 6.20 Å². The first-order valence-electron chi connectivity index (χ1n) is 3.21. The van der Waals surface area contributed by atoms with Crippen LogP contribution in [0.2, 0.25) is 0 Å². The summed E-state index contributed by atoms with van der Waals surface area (Å²) in [7, 11) is 0. The Labute approximate surface area is 53.9 Å². The highest BCUT2D eigenvalue weighted by Gasteiger charge is 2.11. The number of aromatic nitrogens is 1. The largest absolute Gasteiger partial charge is 0.361 e. The van der Waals surface area contributed by atoms with E-state index in [1.54, 1.807) is 0 Å². The molecule has 0 spiro atoms. The van der Waals surface area contributed by atoms with Gasteiger partial charge in [0.1, 0.15) is 5.76 Å². The van der Waals surface area contributed by atoms with Gasteiger partial charge in [0.25, 0.3) is 0 Å². The minimum absolute atomic E-state index is 1.04. The van der Waals surface area contributed by atoms with Gasteiger partial charge in [-0.1, -0.05) is 5.16 Å². The van der Waals surface area contributed by atoms with Gasteiger partial charge in [-0.2, -0.15) is 0 Å². The molecular weight excluding hydrogens is 114 g/mol. The Hall–Kier alpha value is -0.790. The summed E-state index contributed by atoms with van der Waals surface area (Å²) in [4.78, 5) is 0. The van der Waals surface area contributed by atoms with Crippen molar-refractivity contribution in [1.29, 1.82) is 0 Å². The van der Waals surface area contributed by atoms with E-state index in [0.717, 1.165) is 25.0 Å². The third kappa shape index (κ3) is 0.745. The summed E-state index contributed by atoms with van der Waals surface area (Å²) in [6.07, 6.45) is 7.29. The lowest BCUT2D eigenvalue weighted by molar-refractivity contribution is 0.378. The summed E-state index contributed by atoms with van der Waals surface area (Å²) in [6.45, 7) is 0. The monoisotopic (exact) mass is 122 g/mol. The highest BCUT2D eigenvalue weighted by molar-refractivity contribution is 5.19. The molecule has 0 unspecified atom stereocenters. The second-order valence-electron chi connectivity index (χ2n) is 2.31. The maximum atomic E-state index is 4.99. The number of aryl methyl sites for hydroxylation is 1. The van der Waals surface area contributed by atoms with Crippen LogP contribution in [0.1, 0.15) is 17.7 Å². The van der Waals surface area contributed by atoms with Gasteiger partial charge in [0.05, 0.1) is 6.20 Å². The molecule has 2 nitrogen and oxygen atoms in total. The maximum Gasteiger partial charge on any atom is 0.139 e. The molecule has 9 heavy (non-hydrogen) atoms. The lowest BCUT2D eigenvalue weighted by Gasteiger charge is -2.05. The van der Waals surface area contributed by atoms with Crippen LogP contribution in [-0.4, -0.2) is 5.16 Å². The molecule has 0 amide bonds. The topological polar surface area (TPSA) is 26.0 Å². The molecule has 0 N–H and O–H groups in total. The second kappa shape index (κ2) is 1.87. The molecule has 47 valence electrons. The summed E-state index contributed by atoms with van der Waals surface area (Å²) in [5.41, 5.74) is 1.27. The van der Waals surface area contributed by atoms with Crippen molar-refractivity contribution < 1.29 is 4.52 Å². The van der Waals surface area contributed by atoms with E-state index >= 15 is 0 Å². The number of nitrogens with zero attached hydrogens (tertiary/aromatic N) is 1. The Kier molecular flexibility index (Phi) is 1.04. The van der Waals surface area contributed by atoms with Crippen molar-refractivity contribution in [3.63, 3.8) is 0 Å². The van der Waals surface area contributed by atoms with E-state index in [4.69, 9.17) is 4.52 Å². The average molecular weight is 122 g/mol. The van der Waals surface area contributed by atoms with Crippen LogP contribution in [0.25, 0.3) is 0 Å². The highest BCUT2D eigenvalue weighted by atomic mass is 16.5. The summed E-state index contributed by atoms with van der Waals surface area (Å²) in [5, 5.41) is 3.71. The average Bonchev–Trinajstić information content (AvgIpc) is 2.33. The fourth-order valence-electron chi connectivity index (χ4n) is 1.15. The van der Waals surface area contributed by atoms with E-state index in [0.29, 0.717) is 0 Å². The molecular formula is C7H8NO. The van der Waals surface area contributed by atoms with Crippen LogP contribution in [0.4, 0.5) is 0 Å². The van der Waals surface area contributed by atoms with Gasteiger partial charge in [-0.25, -0.2) is 0 Å². The number of rotatable bonds is 0. The van der Waals surface area contributed by atoms with Gasteiger partial charge in [0, 0.05) is 12.0 Å². The zero-order valence-corrected chi connectivity index (χ0v) is 5.13. The van der Waals surface area contributed by atoms with Crippen LogP contribution in [0.5, 0.6) is 0 Å². The van der Waals surface area contributed by atoms with E-state index in [9.17, 15) is 0 Å². The fraction of sp³-hybridized carbons (Fsp3) is 0.429. The zero-order valence-electron chi connectivity index (χ0n) is 5.13. The van der Waals surface area contributed by atoms with Gasteiger partial charge >= 0.3 is 0 Å². The summed E-state index contributed by atoms with van der Waals surface area (Å²) in [6, 6.07) is 0. The molecule has 0 fully saturated rings. The minimum atomic E-state index is 1.04. The lowest BCUT2D eigenvalue weighted by atomic mass is 9.99. The molecule has 1 aliphatic rings. The van der Waals surface area contributed by atoms with Crippen molar-refractivity contribution in [2.24, 2.45) is 0 Å². The van der Waals surface area contributed by atoms with Gasteiger partial charge in [-0.05, 0) is 19.3 Å². The summed E-state index contributed by atoms with van der Waals surface area (Å²) < 4.78 is 4.99. The van der Waals surface area contributed by atoms with Crippen molar-refractivity contribution in [2.45, 2.75) is 19.3 Å². The third-order valence-corrected chi connectivity index (χ3v) is 1.67. The first-order valence-corrected chi connectivity index (χ1v) is 3.21. The van der Waals surface area contributed by atoms with Gasteiger partial charge in [0.15, 0.2) is 0 Å². The Balaban J connectivity index is 2.39. The predicted octanol–water partition coefficient (Wildman–Crippen LogP) is 1.37. The van der Waals surface area contributed by atoms with Gasteiger partial charge in [-0.15, -0.1) is 0 Å². The lowest BCUT2D eigenvalue weighted by Crippen LogP contribution is -1.98. The molecule has 0 saturated heterocycles.